The summed E-state index contributed by atoms with van der Waals surface area (Å²) in [5, 5.41) is 0. The van der Waals surface area contributed by atoms with Gasteiger partial charge in [-0.05, 0) is 25.8 Å². The van der Waals surface area contributed by atoms with Crippen LogP contribution in [0.25, 0.3) is 0 Å². The normalized spacial score (nSPS) is 13.2. The Morgan fingerprint density at radius 2 is 1.53 bits per heavy atom. The molecule has 0 rings (SSSR count). The van der Waals surface area contributed by atoms with E-state index in [1.54, 1.807) is 0 Å². The molecule has 0 spiro atoms. The number of hydrogen-bond donors (Lipinski definition) is 0. The lowest BCUT2D eigenvalue weighted by Crippen LogP contribution is -2.37. The van der Waals surface area contributed by atoms with Crippen LogP contribution >= 0.6 is 0 Å². The van der Waals surface area contributed by atoms with Gasteiger partial charge in [-0.3, -0.25) is 4.90 Å². The molecule has 0 aromatic heterocycles. The minimum Gasteiger partial charge on any atom is -0.366 e. The number of hydrogen-bond acceptors (Lipinski definition) is 2. The molecule has 0 amide bonds. The largest absolute Gasteiger partial charge is 0.366 e. The maximum Gasteiger partial charge on any atom is 0.110 e. The van der Waals surface area contributed by atoms with E-state index in [-0.39, 0.29) is 0 Å². The number of ether oxygens (including phenoxy) is 1. The Labute approximate surface area is 109 Å². The van der Waals surface area contributed by atoms with Gasteiger partial charge in [0.15, 0.2) is 0 Å². The van der Waals surface area contributed by atoms with Crippen molar-refractivity contribution in [1.82, 2.24) is 4.90 Å². The Kier molecular flexibility index (Phi) is 12.3. The maximum atomic E-state index is 5.63. The molecule has 0 saturated carbocycles. The summed E-state index contributed by atoms with van der Waals surface area (Å²) < 4.78 is 5.63. The van der Waals surface area contributed by atoms with Gasteiger partial charge in [0, 0.05) is 13.7 Å². The Morgan fingerprint density at radius 1 is 0.882 bits per heavy atom. The van der Waals surface area contributed by atoms with Crippen molar-refractivity contribution in [3.05, 3.63) is 0 Å². The first-order valence-corrected chi connectivity index (χ1v) is 7.56. The third-order valence-corrected chi connectivity index (χ3v) is 3.44. The van der Waals surface area contributed by atoms with Crippen LogP contribution in [0, 0.1) is 0 Å². The Hall–Kier alpha value is -0.0800. The van der Waals surface area contributed by atoms with Gasteiger partial charge < -0.3 is 4.74 Å². The molecule has 2 heteroatoms. The molecule has 0 heterocycles. The molecule has 0 aliphatic carbocycles. The van der Waals surface area contributed by atoms with Gasteiger partial charge in [-0.1, -0.05) is 52.9 Å². The smallest absolute Gasteiger partial charge is 0.110 e. The van der Waals surface area contributed by atoms with Gasteiger partial charge in [-0.15, -0.1) is 0 Å². The van der Waals surface area contributed by atoms with Crippen LogP contribution in [0.5, 0.6) is 0 Å². The van der Waals surface area contributed by atoms with Gasteiger partial charge in [0.25, 0.3) is 0 Å². The Morgan fingerprint density at radius 3 is 2.06 bits per heavy atom. The van der Waals surface area contributed by atoms with Crippen LogP contribution < -0.4 is 0 Å². The Bertz CT molecular complexity index is 150. The molecule has 0 aliphatic heterocycles. The average molecular weight is 243 g/mol. The molecular formula is C15H33NO. The van der Waals surface area contributed by atoms with Crippen molar-refractivity contribution < 1.29 is 4.74 Å². The molecule has 0 saturated heterocycles. The molecule has 0 aromatic carbocycles. The molecule has 0 bridgehead atoms. The highest BCUT2D eigenvalue weighted by Gasteiger charge is 2.14. The van der Waals surface area contributed by atoms with Crippen molar-refractivity contribution in [3.8, 4) is 0 Å². The van der Waals surface area contributed by atoms with Crippen LogP contribution in [0.3, 0.4) is 0 Å². The summed E-state index contributed by atoms with van der Waals surface area (Å²) in [6.45, 7) is 9.06. The van der Waals surface area contributed by atoms with Gasteiger partial charge in [-0.25, -0.2) is 0 Å². The second kappa shape index (κ2) is 12.4. The van der Waals surface area contributed by atoms with Crippen molar-refractivity contribution in [3.63, 3.8) is 0 Å². The standard InChI is InChI=1S/C15H33NO/c1-5-8-10-12-14-16(7-3)15(17-4)13-11-9-6-2/h15H,5-14H2,1-4H3. The summed E-state index contributed by atoms with van der Waals surface area (Å²) in [4.78, 5) is 2.49. The third kappa shape index (κ3) is 8.62. The molecule has 0 fully saturated rings. The summed E-state index contributed by atoms with van der Waals surface area (Å²) >= 11 is 0. The van der Waals surface area contributed by atoms with Crippen LogP contribution in [0.15, 0.2) is 0 Å². The van der Waals surface area contributed by atoms with Crippen LogP contribution in [0.4, 0.5) is 0 Å². The fourth-order valence-corrected chi connectivity index (χ4v) is 2.27. The van der Waals surface area contributed by atoms with Crippen molar-refractivity contribution in [2.75, 3.05) is 20.2 Å². The van der Waals surface area contributed by atoms with E-state index in [9.17, 15) is 0 Å². The fourth-order valence-electron chi connectivity index (χ4n) is 2.27. The summed E-state index contributed by atoms with van der Waals surface area (Å²) in [5.74, 6) is 0. The van der Waals surface area contributed by atoms with E-state index in [2.05, 4.69) is 25.7 Å². The monoisotopic (exact) mass is 243 g/mol. The SMILES string of the molecule is CCCCCCN(CC)C(CCCCC)OC. The lowest BCUT2D eigenvalue weighted by Gasteiger charge is -2.29. The number of nitrogens with zero attached hydrogens (tertiary/aromatic N) is 1. The van der Waals surface area contributed by atoms with Crippen molar-refractivity contribution in [2.24, 2.45) is 0 Å². The summed E-state index contributed by atoms with van der Waals surface area (Å²) in [7, 11) is 1.85. The third-order valence-electron chi connectivity index (χ3n) is 3.44. The van der Waals surface area contributed by atoms with E-state index in [0.717, 1.165) is 6.54 Å². The molecule has 0 aromatic rings. The lowest BCUT2D eigenvalue weighted by atomic mass is 10.1. The zero-order chi connectivity index (χ0) is 12.9. The van der Waals surface area contributed by atoms with E-state index in [0.29, 0.717) is 6.23 Å². The zero-order valence-corrected chi connectivity index (χ0v) is 12.5. The highest BCUT2D eigenvalue weighted by Crippen LogP contribution is 2.12. The van der Waals surface area contributed by atoms with Crippen molar-refractivity contribution in [2.45, 2.75) is 78.4 Å². The first kappa shape index (κ1) is 16.9. The van der Waals surface area contributed by atoms with E-state index in [1.165, 1.54) is 57.9 Å². The van der Waals surface area contributed by atoms with Crippen molar-refractivity contribution >= 4 is 0 Å². The molecule has 1 unspecified atom stereocenters. The van der Waals surface area contributed by atoms with Gasteiger partial charge in [0.2, 0.25) is 0 Å². The summed E-state index contributed by atoms with van der Waals surface area (Å²) in [6.07, 6.45) is 10.8. The molecule has 17 heavy (non-hydrogen) atoms. The van der Waals surface area contributed by atoms with E-state index >= 15 is 0 Å². The molecule has 0 radical (unpaired) electrons. The number of unbranched alkanes of at least 4 members (excludes halogenated alkanes) is 5. The first-order chi connectivity index (χ1) is 8.29. The molecule has 2 nitrogen and oxygen atoms in total. The minimum atomic E-state index is 0.341. The molecule has 1 atom stereocenters. The molecule has 104 valence electrons. The predicted octanol–water partition coefficient (Wildman–Crippen LogP) is 4.44. The topological polar surface area (TPSA) is 12.5 Å². The van der Waals surface area contributed by atoms with E-state index in [1.807, 2.05) is 7.11 Å². The highest BCUT2D eigenvalue weighted by molar-refractivity contribution is 4.62. The minimum absolute atomic E-state index is 0.341. The summed E-state index contributed by atoms with van der Waals surface area (Å²) in [5.41, 5.74) is 0. The number of rotatable bonds is 12. The molecule has 0 aliphatic rings. The Balaban J connectivity index is 3.83. The highest BCUT2D eigenvalue weighted by atomic mass is 16.5. The van der Waals surface area contributed by atoms with Gasteiger partial charge in [0.05, 0.1) is 0 Å². The van der Waals surface area contributed by atoms with Crippen LogP contribution in [-0.4, -0.2) is 31.3 Å². The summed E-state index contributed by atoms with van der Waals surface area (Å²) in [6, 6.07) is 0. The van der Waals surface area contributed by atoms with Gasteiger partial charge >= 0.3 is 0 Å². The van der Waals surface area contributed by atoms with Gasteiger partial charge in [-0.2, -0.15) is 0 Å². The molecule has 0 N–H and O–H groups in total. The van der Waals surface area contributed by atoms with Gasteiger partial charge in [0.1, 0.15) is 6.23 Å². The predicted molar refractivity (Wildman–Crippen MR) is 76.3 cm³/mol. The number of methoxy groups -OCH3 is 1. The quantitative estimate of drug-likeness (QED) is 0.371. The van der Waals surface area contributed by atoms with E-state index < -0.39 is 0 Å². The van der Waals surface area contributed by atoms with E-state index in [4.69, 9.17) is 4.74 Å². The lowest BCUT2D eigenvalue weighted by molar-refractivity contribution is -0.0369. The van der Waals surface area contributed by atoms with Crippen LogP contribution in [-0.2, 0) is 4.74 Å². The van der Waals surface area contributed by atoms with Crippen LogP contribution in [0.2, 0.25) is 0 Å². The average Bonchev–Trinajstić information content (AvgIpc) is 2.36. The molecular weight excluding hydrogens is 210 g/mol. The van der Waals surface area contributed by atoms with Crippen LogP contribution in [0.1, 0.15) is 72.1 Å². The zero-order valence-electron chi connectivity index (χ0n) is 12.5. The first-order valence-electron chi connectivity index (χ1n) is 7.56. The second-order valence-corrected chi connectivity index (χ2v) is 4.88. The second-order valence-electron chi connectivity index (χ2n) is 4.88. The fraction of sp³-hybridized carbons (Fsp3) is 1.00. The maximum absolute atomic E-state index is 5.63. The van der Waals surface area contributed by atoms with Crippen molar-refractivity contribution in [1.29, 1.82) is 0 Å².